The molecule has 0 amide bonds. The molecule has 4 aliphatic rings. The highest BCUT2D eigenvalue weighted by atomic mass is 16.7. The standard InChI is InChI=1S/C37H40O7/c1-24(2)36-19-26(4)37(43-22-28-13-9-6-10-14-28)30(34(36)42-23-44-36)18-29(20-35(40)31(37)17-25(3)33(35)39)21-41-32(38)16-15-27-11-7-5-8-12-27/h5-18,26,30-31,34,40H,1,19-23H2,2-4H3/b16-15+/t26-,30+,31-,34-,35-,36-,37-/m1/s1. The molecule has 7 atom stereocenters. The summed E-state index contributed by atoms with van der Waals surface area (Å²) in [6.07, 6.45) is 7.04. The Morgan fingerprint density at radius 3 is 2.50 bits per heavy atom. The quantitative estimate of drug-likeness (QED) is 0.236. The van der Waals surface area contributed by atoms with Crippen molar-refractivity contribution in [2.24, 2.45) is 17.8 Å². The number of ketones is 1. The van der Waals surface area contributed by atoms with Crippen LogP contribution in [0, 0.1) is 17.8 Å². The number of hydrogen-bond acceptors (Lipinski definition) is 7. The van der Waals surface area contributed by atoms with Gasteiger partial charge in [-0.05, 0) is 60.1 Å². The number of Topliss-reactive ketones (excluding diaryl/α,β-unsaturated/α-hetero) is 1. The molecule has 7 nitrogen and oxygen atoms in total. The third-order valence-corrected chi connectivity index (χ3v) is 10.00. The number of ether oxygens (including phenoxy) is 4. The van der Waals surface area contributed by atoms with E-state index in [0.717, 1.165) is 16.7 Å². The maximum atomic E-state index is 13.8. The number of aliphatic hydroxyl groups is 1. The lowest BCUT2D eigenvalue weighted by atomic mass is 9.55. The van der Waals surface area contributed by atoms with E-state index in [-0.39, 0.29) is 38.1 Å². The third kappa shape index (κ3) is 5.02. The van der Waals surface area contributed by atoms with Gasteiger partial charge in [-0.25, -0.2) is 4.79 Å². The van der Waals surface area contributed by atoms with Crippen LogP contribution in [0.1, 0.15) is 44.7 Å². The van der Waals surface area contributed by atoms with Crippen LogP contribution in [0.3, 0.4) is 0 Å². The van der Waals surface area contributed by atoms with Crippen molar-refractivity contribution in [3.63, 3.8) is 0 Å². The zero-order valence-electron chi connectivity index (χ0n) is 25.5. The molecule has 6 rings (SSSR count). The van der Waals surface area contributed by atoms with E-state index in [1.807, 2.05) is 79.7 Å². The molecule has 3 aliphatic carbocycles. The Hall–Kier alpha value is -3.62. The first kappa shape index (κ1) is 30.4. The molecule has 1 saturated heterocycles. The SMILES string of the molecule is C=C(C)[C@]12C[C@@H](C)[C@@]3(OCc4ccccc4)[C@@H](C=C(COC(=O)/C=C/c4ccccc4)C[C@]4(O)C(=O)C(C)=C[C@@H]34)[C@H]1OCO2. The molecule has 0 radical (unpaired) electrons. The number of fused-ring (bicyclic) bond motifs is 5. The van der Waals surface area contributed by atoms with Gasteiger partial charge in [-0.1, -0.05) is 86.3 Å². The van der Waals surface area contributed by atoms with Crippen molar-refractivity contribution in [3.05, 3.63) is 113 Å². The van der Waals surface area contributed by atoms with Crippen molar-refractivity contribution in [1.29, 1.82) is 0 Å². The largest absolute Gasteiger partial charge is 0.458 e. The Kier molecular flexibility index (Phi) is 8.09. The summed E-state index contributed by atoms with van der Waals surface area (Å²) in [4.78, 5) is 26.6. The maximum Gasteiger partial charge on any atom is 0.331 e. The minimum absolute atomic E-state index is 0.00728. The van der Waals surface area contributed by atoms with Gasteiger partial charge in [0.25, 0.3) is 0 Å². The second kappa shape index (κ2) is 11.7. The van der Waals surface area contributed by atoms with Crippen molar-refractivity contribution >= 4 is 17.8 Å². The highest BCUT2D eigenvalue weighted by Crippen LogP contribution is 2.61. The number of carbonyl (C=O) groups is 2. The fourth-order valence-electron chi connectivity index (χ4n) is 7.90. The van der Waals surface area contributed by atoms with Gasteiger partial charge >= 0.3 is 5.97 Å². The molecule has 1 N–H and O–H groups in total. The molecule has 1 heterocycles. The zero-order chi connectivity index (χ0) is 31.1. The van der Waals surface area contributed by atoms with Crippen molar-refractivity contribution in [3.8, 4) is 0 Å². The molecule has 2 aromatic carbocycles. The van der Waals surface area contributed by atoms with Gasteiger partial charge < -0.3 is 24.1 Å². The molecule has 2 fully saturated rings. The highest BCUT2D eigenvalue weighted by molar-refractivity contribution is 6.04. The average molecular weight is 597 g/mol. The predicted molar refractivity (Wildman–Crippen MR) is 166 cm³/mol. The van der Waals surface area contributed by atoms with Crippen molar-refractivity contribution in [1.82, 2.24) is 0 Å². The first-order chi connectivity index (χ1) is 21.1. The topological polar surface area (TPSA) is 91.3 Å². The third-order valence-electron chi connectivity index (χ3n) is 10.00. The van der Waals surface area contributed by atoms with Crippen LogP contribution in [0.5, 0.6) is 0 Å². The monoisotopic (exact) mass is 596 g/mol. The Bertz CT molecular complexity index is 1530. The smallest absolute Gasteiger partial charge is 0.331 e. The van der Waals surface area contributed by atoms with E-state index in [0.29, 0.717) is 17.6 Å². The summed E-state index contributed by atoms with van der Waals surface area (Å²) >= 11 is 0. The van der Waals surface area contributed by atoms with Crippen LogP contribution in [0.4, 0.5) is 0 Å². The molecule has 0 aromatic heterocycles. The van der Waals surface area contributed by atoms with Gasteiger partial charge in [0.05, 0.1) is 12.2 Å². The van der Waals surface area contributed by atoms with Crippen LogP contribution in [0.2, 0.25) is 0 Å². The fraction of sp³-hybridized carbons (Fsp3) is 0.405. The van der Waals surface area contributed by atoms with Gasteiger partial charge in [-0.3, -0.25) is 4.79 Å². The molecule has 7 heteroatoms. The first-order valence-corrected chi connectivity index (χ1v) is 15.2. The lowest BCUT2D eigenvalue weighted by Gasteiger charge is -2.58. The minimum Gasteiger partial charge on any atom is -0.458 e. The number of carbonyl (C=O) groups excluding carboxylic acids is 2. The number of benzene rings is 2. The van der Waals surface area contributed by atoms with Gasteiger partial charge in [0.15, 0.2) is 5.78 Å². The van der Waals surface area contributed by atoms with Crippen LogP contribution < -0.4 is 0 Å². The predicted octanol–water partition coefficient (Wildman–Crippen LogP) is 5.75. The van der Waals surface area contributed by atoms with Crippen LogP contribution in [0.25, 0.3) is 6.08 Å². The number of esters is 1. The van der Waals surface area contributed by atoms with Crippen LogP contribution in [-0.4, -0.2) is 53.2 Å². The van der Waals surface area contributed by atoms with Gasteiger partial charge in [0, 0.05) is 24.3 Å². The second-order valence-corrected chi connectivity index (χ2v) is 12.7. The molecule has 230 valence electrons. The summed E-state index contributed by atoms with van der Waals surface area (Å²) < 4.78 is 25.4. The molecule has 1 aliphatic heterocycles. The summed E-state index contributed by atoms with van der Waals surface area (Å²) in [7, 11) is 0. The van der Waals surface area contributed by atoms with E-state index < -0.39 is 40.7 Å². The van der Waals surface area contributed by atoms with E-state index in [1.54, 1.807) is 13.0 Å². The van der Waals surface area contributed by atoms with Gasteiger partial charge in [-0.15, -0.1) is 0 Å². The molecule has 0 bridgehead atoms. The lowest BCUT2D eigenvalue weighted by molar-refractivity contribution is -0.228. The molecule has 2 aromatic rings. The van der Waals surface area contributed by atoms with Crippen LogP contribution >= 0.6 is 0 Å². The molecule has 44 heavy (non-hydrogen) atoms. The molecule has 0 unspecified atom stereocenters. The Morgan fingerprint density at radius 2 is 1.80 bits per heavy atom. The van der Waals surface area contributed by atoms with E-state index in [9.17, 15) is 14.7 Å². The Balaban J connectivity index is 1.42. The summed E-state index contributed by atoms with van der Waals surface area (Å²) in [6.45, 7) is 10.4. The van der Waals surface area contributed by atoms with Gasteiger partial charge in [0.2, 0.25) is 0 Å². The van der Waals surface area contributed by atoms with Gasteiger partial charge in [-0.2, -0.15) is 0 Å². The Morgan fingerprint density at radius 1 is 1.09 bits per heavy atom. The van der Waals surface area contributed by atoms with Gasteiger partial charge in [0.1, 0.15) is 30.7 Å². The summed E-state index contributed by atoms with van der Waals surface area (Å²) in [5.41, 5.74) is 0.267. The van der Waals surface area contributed by atoms with Crippen molar-refractivity contribution in [2.45, 2.75) is 63.1 Å². The number of hydrogen-bond donors (Lipinski definition) is 1. The van der Waals surface area contributed by atoms with E-state index in [1.165, 1.54) is 6.08 Å². The molecule has 1 saturated carbocycles. The highest BCUT2D eigenvalue weighted by Gasteiger charge is 2.70. The summed E-state index contributed by atoms with van der Waals surface area (Å²) in [6, 6.07) is 19.4. The number of rotatable bonds is 8. The summed E-state index contributed by atoms with van der Waals surface area (Å²) in [5, 5.41) is 12.4. The maximum absolute atomic E-state index is 13.8. The van der Waals surface area contributed by atoms with Crippen LogP contribution in [-0.2, 0) is 35.1 Å². The van der Waals surface area contributed by atoms with Crippen molar-refractivity contribution < 1.29 is 33.6 Å². The van der Waals surface area contributed by atoms with E-state index in [4.69, 9.17) is 18.9 Å². The second-order valence-electron chi connectivity index (χ2n) is 12.7. The fourth-order valence-corrected chi connectivity index (χ4v) is 7.90. The molecular formula is C37H40O7. The molecule has 0 spiro atoms. The van der Waals surface area contributed by atoms with E-state index in [2.05, 4.69) is 13.5 Å². The first-order valence-electron chi connectivity index (χ1n) is 15.2. The van der Waals surface area contributed by atoms with Crippen LogP contribution in [0.15, 0.2) is 102 Å². The van der Waals surface area contributed by atoms with E-state index >= 15 is 0 Å². The van der Waals surface area contributed by atoms with Crippen molar-refractivity contribution in [2.75, 3.05) is 13.4 Å². The minimum atomic E-state index is -1.77. The Labute approximate surface area is 258 Å². The normalized spacial score (nSPS) is 34.4. The summed E-state index contributed by atoms with van der Waals surface area (Å²) in [5.74, 6) is -2.14. The zero-order valence-corrected chi connectivity index (χ0v) is 25.5. The lowest BCUT2D eigenvalue weighted by Crippen LogP contribution is -2.68. The molecular weight excluding hydrogens is 556 g/mol. The average Bonchev–Trinajstić information content (AvgIpc) is 3.52.